The molecule has 1 aliphatic rings. The molecule has 1 saturated carbocycles. The maximum Gasteiger partial charge on any atom is 0.0406 e. The third-order valence-electron chi connectivity index (χ3n) is 3.81. The molecule has 0 bridgehead atoms. The molecular weight excluding hydrogens is 230 g/mol. The maximum absolute atomic E-state index is 5.89. The van der Waals surface area contributed by atoms with Gasteiger partial charge in [-0.2, -0.15) is 0 Å². The first-order chi connectivity index (χ1) is 8.25. The van der Waals surface area contributed by atoms with Gasteiger partial charge in [-0.1, -0.05) is 43.0 Å². The van der Waals surface area contributed by atoms with E-state index in [0.29, 0.717) is 6.04 Å². The molecule has 94 valence electrons. The van der Waals surface area contributed by atoms with E-state index < -0.39 is 0 Å². The number of nitrogens with one attached hydrogen (secondary N) is 1. The summed E-state index contributed by atoms with van der Waals surface area (Å²) in [5.74, 6) is 0.888. The van der Waals surface area contributed by atoms with Gasteiger partial charge in [0.2, 0.25) is 0 Å². The van der Waals surface area contributed by atoms with E-state index in [1.165, 1.54) is 37.7 Å². The van der Waals surface area contributed by atoms with E-state index in [2.05, 4.69) is 24.4 Å². The number of hydrogen-bond donors (Lipinski definition) is 1. The molecule has 0 radical (unpaired) electrons. The van der Waals surface area contributed by atoms with E-state index >= 15 is 0 Å². The first-order valence-corrected chi connectivity index (χ1v) is 7.12. The SMILES string of the molecule is C[C@@H](NCC1CCCCC1)c1ccc(Cl)cc1. The summed E-state index contributed by atoms with van der Waals surface area (Å²) < 4.78 is 0. The molecule has 1 N–H and O–H groups in total. The van der Waals surface area contributed by atoms with Gasteiger partial charge in [-0.05, 0) is 49.9 Å². The molecule has 0 heterocycles. The number of benzene rings is 1. The van der Waals surface area contributed by atoms with E-state index in [1.54, 1.807) is 0 Å². The van der Waals surface area contributed by atoms with Gasteiger partial charge < -0.3 is 5.32 Å². The molecule has 2 heteroatoms. The lowest BCUT2D eigenvalue weighted by atomic mass is 9.89. The van der Waals surface area contributed by atoms with E-state index in [-0.39, 0.29) is 0 Å². The van der Waals surface area contributed by atoms with Crippen LogP contribution in [-0.4, -0.2) is 6.54 Å². The van der Waals surface area contributed by atoms with Gasteiger partial charge in [0.15, 0.2) is 0 Å². The lowest BCUT2D eigenvalue weighted by Gasteiger charge is -2.24. The summed E-state index contributed by atoms with van der Waals surface area (Å²) in [4.78, 5) is 0. The minimum Gasteiger partial charge on any atom is -0.310 e. The summed E-state index contributed by atoms with van der Waals surface area (Å²) in [6.45, 7) is 3.38. The predicted molar refractivity (Wildman–Crippen MR) is 74.4 cm³/mol. The fraction of sp³-hybridized carbons (Fsp3) is 0.600. The topological polar surface area (TPSA) is 12.0 Å². The normalized spacial score (nSPS) is 19.2. The zero-order chi connectivity index (χ0) is 12.1. The Hall–Kier alpha value is -0.530. The van der Waals surface area contributed by atoms with Gasteiger partial charge in [-0.15, -0.1) is 0 Å². The largest absolute Gasteiger partial charge is 0.310 e. The van der Waals surface area contributed by atoms with Crippen molar-refractivity contribution in [3.05, 3.63) is 34.9 Å². The number of hydrogen-bond acceptors (Lipinski definition) is 1. The van der Waals surface area contributed by atoms with Crippen molar-refractivity contribution in [1.82, 2.24) is 5.32 Å². The van der Waals surface area contributed by atoms with Crippen LogP contribution in [-0.2, 0) is 0 Å². The molecule has 17 heavy (non-hydrogen) atoms. The molecule has 0 spiro atoms. The average Bonchev–Trinajstić information content (AvgIpc) is 2.38. The van der Waals surface area contributed by atoms with Crippen LogP contribution in [0.3, 0.4) is 0 Å². The number of halogens is 1. The molecule has 1 fully saturated rings. The Balaban J connectivity index is 1.80. The van der Waals surface area contributed by atoms with Crippen LogP contribution in [0.25, 0.3) is 0 Å². The van der Waals surface area contributed by atoms with Crippen LogP contribution in [0.1, 0.15) is 50.6 Å². The van der Waals surface area contributed by atoms with Crippen molar-refractivity contribution in [3.8, 4) is 0 Å². The highest BCUT2D eigenvalue weighted by Gasteiger charge is 2.14. The van der Waals surface area contributed by atoms with Crippen LogP contribution >= 0.6 is 11.6 Å². The van der Waals surface area contributed by atoms with Crippen LogP contribution in [0.5, 0.6) is 0 Å². The van der Waals surface area contributed by atoms with E-state index in [4.69, 9.17) is 11.6 Å². The molecule has 1 atom stereocenters. The summed E-state index contributed by atoms with van der Waals surface area (Å²) >= 11 is 5.89. The molecule has 0 unspecified atom stereocenters. The van der Waals surface area contributed by atoms with E-state index in [0.717, 1.165) is 17.5 Å². The van der Waals surface area contributed by atoms with Crippen LogP contribution in [0.4, 0.5) is 0 Å². The van der Waals surface area contributed by atoms with Crippen LogP contribution in [0.15, 0.2) is 24.3 Å². The Bertz CT molecular complexity index is 327. The summed E-state index contributed by atoms with van der Waals surface area (Å²) in [6.07, 6.45) is 7.08. The monoisotopic (exact) mass is 251 g/mol. The number of rotatable bonds is 4. The second-order valence-electron chi connectivity index (χ2n) is 5.19. The minimum absolute atomic E-state index is 0.425. The van der Waals surface area contributed by atoms with Crippen molar-refractivity contribution in [3.63, 3.8) is 0 Å². The highest BCUT2D eigenvalue weighted by molar-refractivity contribution is 6.30. The molecule has 0 saturated heterocycles. The Kier molecular flexibility index (Phi) is 4.87. The lowest BCUT2D eigenvalue weighted by molar-refractivity contribution is 0.331. The highest BCUT2D eigenvalue weighted by Crippen LogP contribution is 2.24. The van der Waals surface area contributed by atoms with Gasteiger partial charge in [0.05, 0.1) is 0 Å². The van der Waals surface area contributed by atoms with E-state index in [9.17, 15) is 0 Å². The van der Waals surface area contributed by atoms with Gasteiger partial charge >= 0.3 is 0 Å². The zero-order valence-corrected chi connectivity index (χ0v) is 11.3. The quantitative estimate of drug-likeness (QED) is 0.827. The summed E-state index contributed by atoms with van der Waals surface area (Å²) in [6, 6.07) is 8.58. The lowest BCUT2D eigenvalue weighted by Crippen LogP contribution is -2.27. The highest BCUT2D eigenvalue weighted by atomic mass is 35.5. The van der Waals surface area contributed by atoms with Crippen molar-refractivity contribution in [2.24, 2.45) is 5.92 Å². The zero-order valence-electron chi connectivity index (χ0n) is 10.6. The van der Waals surface area contributed by atoms with Gasteiger partial charge in [0.25, 0.3) is 0 Å². The Morgan fingerprint density at radius 1 is 1.18 bits per heavy atom. The molecule has 2 rings (SSSR count). The first kappa shape index (κ1) is 12.9. The molecule has 1 aromatic carbocycles. The third kappa shape index (κ3) is 4.01. The molecular formula is C15H22ClN. The van der Waals surface area contributed by atoms with Crippen molar-refractivity contribution in [2.75, 3.05) is 6.54 Å². The Morgan fingerprint density at radius 2 is 1.82 bits per heavy atom. The smallest absolute Gasteiger partial charge is 0.0406 e. The van der Waals surface area contributed by atoms with Crippen molar-refractivity contribution in [2.45, 2.75) is 45.1 Å². The van der Waals surface area contributed by atoms with Gasteiger partial charge in [-0.3, -0.25) is 0 Å². The van der Waals surface area contributed by atoms with Crippen LogP contribution < -0.4 is 5.32 Å². The fourth-order valence-electron chi connectivity index (χ4n) is 2.60. The van der Waals surface area contributed by atoms with Gasteiger partial charge in [0.1, 0.15) is 0 Å². The van der Waals surface area contributed by atoms with Crippen molar-refractivity contribution < 1.29 is 0 Å². The van der Waals surface area contributed by atoms with E-state index in [1.807, 2.05) is 12.1 Å². The second-order valence-corrected chi connectivity index (χ2v) is 5.62. The molecule has 1 aliphatic carbocycles. The van der Waals surface area contributed by atoms with Crippen LogP contribution in [0.2, 0.25) is 5.02 Å². The molecule has 1 aromatic rings. The molecule has 0 aromatic heterocycles. The average molecular weight is 252 g/mol. The minimum atomic E-state index is 0.425. The standard InChI is InChI=1S/C15H22ClN/c1-12(14-7-9-15(16)10-8-14)17-11-13-5-3-2-4-6-13/h7-10,12-13,17H,2-6,11H2,1H3/t12-/m1/s1. The van der Waals surface area contributed by atoms with Gasteiger partial charge in [0, 0.05) is 11.1 Å². The molecule has 1 nitrogen and oxygen atoms in total. The van der Waals surface area contributed by atoms with Crippen molar-refractivity contribution >= 4 is 11.6 Å². The Labute approximate surface area is 110 Å². The second kappa shape index (κ2) is 6.42. The predicted octanol–water partition coefficient (Wildman–Crippen LogP) is 4.57. The van der Waals surface area contributed by atoms with Gasteiger partial charge in [-0.25, -0.2) is 0 Å². The summed E-state index contributed by atoms with van der Waals surface area (Å²) in [5.41, 5.74) is 1.32. The third-order valence-corrected chi connectivity index (χ3v) is 4.06. The molecule has 0 aliphatic heterocycles. The Morgan fingerprint density at radius 3 is 2.47 bits per heavy atom. The van der Waals surface area contributed by atoms with Crippen molar-refractivity contribution in [1.29, 1.82) is 0 Å². The maximum atomic E-state index is 5.89. The first-order valence-electron chi connectivity index (χ1n) is 6.74. The van der Waals surface area contributed by atoms with Crippen LogP contribution in [0, 0.1) is 5.92 Å². The summed E-state index contributed by atoms with van der Waals surface area (Å²) in [7, 11) is 0. The fourth-order valence-corrected chi connectivity index (χ4v) is 2.73. The molecule has 0 amide bonds. The summed E-state index contributed by atoms with van der Waals surface area (Å²) in [5, 5.41) is 4.46.